The summed E-state index contributed by atoms with van der Waals surface area (Å²) < 4.78 is 7.18. The van der Waals surface area contributed by atoms with E-state index in [1.807, 2.05) is 0 Å². The number of carbonyl (C=O) groups excluding carboxylic acids is 1. The molecular weight excluding hydrogens is 300 g/mol. The third-order valence-corrected chi connectivity index (χ3v) is 4.93. The SMILES string of the molecule is O=C(N[C@@H]1COC[C@H]1N1CCCC1)C1CNNC1n1cnnn1. The highest BCUT2D eigenvalue weighted by molar-refractivity contribution is 5.80. The van der Waals surface area contributed by atoms with Gasteiger partial charge in [-0.25, -0.2) is 10.1 Å². The van der Waals surface area contributed by atoms with Crippen LogP contribution in [-0.2, 0) is 9.53 Å². The molecule has 3 aliphatic rings. The van der Waals surface area contributed by atoms with Gasteiger partial charge in [-0.1, -0.05) is 0 Å². The molecule has 0 aliphatic carbocycles. The normalized spacial score (nSPS) is 35.0. The largest absolute Gasteiger partial charge is 0.378 e. The Balaban J connectivity index is 1.40. The Hall–Kier alpha value is -1.62. The molecule has 1 amide bonds. The van der Waals surface area contributed by atoms with Gasteiger partial charge in [-0.15, -0.1) is 5.10 Å². The second kappa shape index (κ2) is 6.48. The predicted molar refractivity (Wildman–Crippen MR) is 78.8 cm³/mol. The molecule has 10 nitrogen and oxygen atoms in total. The van der Waals surface area contributed by atoms with Gasteiger partial charge in [0.1, 0.15) is 12.5 Å². The van der Waals surface area contributed by atoms with Crippen LogP contribution in [0.25, 0.3) is 0 Å². The summed E-state index contributed by atoms with van der Waals surface area (Å²) in [4.78, 5) is 15.2. The number of aromatic nitrogens is 4. The van der Waals surface area contributed by atoms with Gasteiger partial charge in [0.2, 0.25) is 5.91 Å². The number of ether oxygens (including phenoxy) is 1. The molecule has 3 aliphatic heterocycles. The number of amides is 1. The zero-order valence-corrected chi connectivity index (χ0v) is 12.9. The molecule has 3 saturated heterocycles. The van der Waals surface area contributed by atoms with Gasteiger partial charge < -0.3 is 10.1 Å². The summed E-state index contributed by atoms with van der Waals surface area (Å²) in [5.41, 5.74) is 6.06. The predicted octanol–water partition coefficient (Wildman–Crippen LogP) is -2.12. The Morgan fingerprint density at radius 2 is 2.17 bits per heavy atom. The first-order valence-electron chi connectivity index (χ1n) is 8.16. The van der Waals surface area contributed by atoms with E-state index in [1.165, 1.54) is 19.2 Å². The number of carbonyl (C=O) groups is 1. The van der Waals surface area contributed by atoms with Crippen molar-refractivity contribution in [1.29, 1.82) is 0 Å². The average Bonchev–Trinajstić information content (AvgIpc) is 3.31. The molecule has 0 bridgehead atoms. The molecule has 4 heterocycles. The maximum atomic E-state index is 12.7. The number of nitrogens with zero attached hydrogens (tertiary/aromatic N) is 5. The fraction of sp³-hybridized carbons (Fsp3) is 0.846. The molecular formula is C13H22N8O2. The van der Waals surface area contributed by atoms with Crippen LogP contribution in [0.15, 0.2) is 6.33 Å². The number of rotatable bonds is 4. The molecule has 4 atom stereocenters. The molecule has 0 saturated carbocycles. The second-order valence-electron chi connectivity index (χ2n) is 6.33. The summed E-state index contributed by atoms with van der Waals surface area (Å²) in [6.45, 7) is 4.01. The maximum Gasteiger partial charge on any atom is 0.228 e. The van der Waals surface area contributed by atoms with Crippen molar-refractivity contribution in [1.82, 2.24) is 41.3 Å². The minimum atomic E-state index is -0.280. The zero-order valence-electron chi connectivity index (χ0n) is 12.9. The van der Waals surface area contributed by atoms with Gasteiger partial charge in [-0.05, 0) is 36.4 Å². The number of nitrogens with one attached hydrogen (secondary N) is 3. The van der Waals surface area contributed by atoms with Crippen LogP contribution in [-0.4, -0.2) is 75.9 Å². The number of tetrazole rings is 1. The molecule has 0 spiro atoms. The molecule has 1 aromatic rings. The van der Waals surface area contributed by atoms with Crippen molar-refractivity contribution < 1.29 is 9.53 Å². The standard InChI is InChI=1S/C13H22N8O2/c22-13(9-5-14-17-12(9)21-8-15-18-19-21)16-10-6-23-7-11(10)20-3-1-2-4-20/h8-12,14,17H,1-7H2,(H,16,22)/t9?,10-,11-,12?/m1/s1. The molecule has 4 rings (SSSR count). The smallest absolute Gasteiger partial charge is 0.228 e. The van der Waals surface area contributed by atoms with Crippen molar-refractivity contribution in [2.45, 2.75) is 31.1 Å². The van der Waals surface area contributed by atoms with E-state index in [0.717, 1.165) is 13.1 Å². The van der Waals surface area contributed by atoms with Crippen LogP contribution in [0.3, 0.4) is 0 Å². The third kappa shape index (κ3) is 2.94. The lowest BCUT2D eigenvalue weighted by atomic mass is 10.0. The minimum Gasteiger partial charge on any atom is -0.378 e. The van der Waals surface area contributed by atoms with Crippen molar-refractivity contribution in [3.63, 3.8) is 0 Å². The summed E-state index contributed by atoms with van der Waals surface area (Å²) in [7, 11) is 0. The molecule has 0 radical (unpaired) electrons. The van der Waals surface area contributed by atoms with Crippen LogP contribution in [0, 0.1) is 5.92 Å². The number of hydrazine groups is 1. The van der Waals surface area contributed by atoms with Crippen LogP contribution in [0.4, 0.5) is 0 Å². The molecule has 10 heteroatoms. The van der Waals surface area contributed by atoms with Gasteiger partial charge >= 0.3 is 0 Å². The molecule has 0 aromatic carbocycles. The van der Waals surface area contributed by atoms with E-state index in [-0.39, 0.29) is 30.1 Å². The van der Waals surface area contributed by atoms with Crippen LogP contribution in [0.1, 0.15) is 19.0 Å². The Bertz CT molecular complexity index is 532. The van der Waals surface area contributed by atoms with Crippen molar-refractivity contribution in [2.75, 3.05) is 32.8 Å². The molecule has 3 N–H and O–H groups in total. The first-order chi connectivity index (χ1) is 11.3. The van der Waals surface area contributed by atoms with Gasteiger partial charge in [-0.2, -0.15) is 0 Å². The summed E-state index contributed by atoms with van der Waals surface area (Å²) in [6, 6.07) is 0.339. The van der Waals surface area contributed by atoms with Crippen molar-refractivity contribution in [2.24, 2.45) is 5.92 Å². The zero-order chi connectivity index (χ0) is 15.6. The molecule has 126 valence electrons. The summed E-state index contributed by atoms with van der Waals surface area (Å²) in [5.74, 6) is -0.263. The van der Waals surface area contributed by atoms with Crippen LogP contribution < -0.4 is 16.2 Å². The maximum absolute atomic E-state index is 12.7. The topological polar surface area (TPSA) is 109 Å². The number of likely N-dealkylation sites (tertiary alicyclic amines) is 1. The van der Waals surface area contributed by atoms with E-state index >= 15 is 0 Å². The average molecular weight is 322 g/mol. The summed E-state index contributed by atoms with van der Waals surface area (Å²) in [5, 5.41) is 14.3. The van der Waals surface area contributed by atoms with E-state index in [4.69, 9.17) is 4.74 Å². The number of hydrogen-bond acceptors (Lipinski definition) is 8. The van der Waals surface area contributed by atoms with Crippen LogP contribution in [0.2, 0.25) is 0 Å². The highest BCUT2D eigenvalue weighted by Crippen LogP contribution is 2.21. The molecule has 1 aromatic heterocycles. The van der Waals surface area contributed by atoms with Gasteiger partial charge in [0.05, 0.1) is 31.2 Å². The molecule has 3 fully saturated rings. The van der Waals surface area contributed by atoms with Gasteiger partial charge in [0.25, 0.3) is 0 Å². The fourth-order valence-corrected chi connectivity index (χ4v) is 3.67. The van der Waals surface area contributed by atoms with Crippen molar-refractivity contribution in [3.05, 3.63) is 6.33 Å². The number of hydrogen-bond donors (Lipinski definition) is 3. The van der Waals surface area contributed by atoms with E-state index in [0.29, 0.717) is 19.8 Å². The molecule has 2 unspecified atom stereocenters. The van der Waals surface area contributed by atoms with E-state index in [9.17, 15) is 4.79 Å². The highest BCUT2D eigenvalue weighted by Gasteiger charge is 2.40. The van der Waals surface area contributed by atoms with Crippen LogP contribution >= 0.6 is 0 Å². The Morgan fingerprint density at radius 1 is 1.30 bits per heavy atom. The fourth-order valence-electron chi connectivity index (χ4n) is 3.67. The van der Waals surface area contributed by atoms with E-state index in [1.54, 1.807) is 4.68 Å². The van der Waals surface area contributed by atoms with Crippen molar-refractivity contribution >= 4 is 5.91 Å². The summed E-state index contributed by atoms with van der Waals surface area (Å²) >= 11 is 0. The quantitative estimate of drug-likeness (QED) is 0.577. The van der Waals surface area contributed by atoms with E-state index < -0.39 is 0 Å². The highest BCUT2D eigenvalue weighted by atomic mass is 16.5. The first kappa shape index (κ1) is 14.9. The van der Waals surface area contributed by atoms with Crippen LogP contribution in [0.5, 0.6) is 0 Å². The second-order valence-corrected chi connectivity index (χ2v) is 6.33. The Kier molecular flexibility index (Phi) is 4.21. The third-order valence-electron chi connectivity index (χ3n) is 4.93. The Labute approximate surface area is 133 Å². The Morgan fingerprint density at radius 3 is 2.96 bits per heavy atom. The lowest BCUT2D eigenvalue weighted by Gasteiger charge is -2.29. The van der Waals surface area contributed by atoms with Gasteiger partial charge in [0, 0.05) is 6.54 Å². The minimum absolute atomic E-state index is 0.00250. The lowest BCUT2D eigenvalue weighted by molar-refractivity contribution is -0.126. The first-order valence-corrected chi connectivity index (χ1v) is 8.16. The van der Waals surface area contributed by atoms with Crippen molar-refractivity contribution in [3.8, 4) is 0 Å². The summed E-state index contributed by atoms with van der Waals surface area (Å²) in [6.07, 6.45) is 3.69. The molecule has 23 heavy (non-hydrogen) atoms. The van der Waals surface area contributed by atoms with E-state index in [2.05, 4.69) is 36.6 Å². The lowest BCUT2D eigenvalue weighted by Crippen LogP contribution is -2.52. The monoisotopic (exact) mass is 322 g/mol. The van der Waals surface area contributed by atoms with Gasteiger partial charge in [0.15, 0.2) is 0 Å². The van der Waals surface area contributed by atoms with Gasteiger partial charge in [-0.3, -0.25) is 15.1 Å².